The number of carbonyl (C=O) groups is 1. The third-order valence-corrected chi connectivity index (χ3v) is 6.52. The Balaban J connectivity index is 1.98. The van der Waals surface area contributed by atoms with Gasteiger partial charge >= 0.3 is 0 Å². The summed E-state index contributed by atoms with van der Waals surface area (Å²) in [7, 11) is -3.55. The molecular weight excluding hydrogens is 288 g/mol. The summed E-state index contributed by atoms with van der Waals surface area (Å²) in [6, 6.07) is 6.41. The van der Waals surface area contributed by atoms with Gasteiger partial charge in [0.2, 0.25) is 10.0 Å². The van der Waals surface area contributed by atoms with Crippen LogP contribution in [0.25, 0.3) is 0 Å². The lowest BCUT2D eigenvalue weighted by molar-refractivity contribution is 0.101. The molecule has 0 aromatic heterocycles. The zero-order chi connectivity index (χ0) is 15.2. The van der Waals surface area contributed by atoms with E-state index in [1.165, 1.54) is 13.0 Å². The molecule has 2 atom stereocenters. The van der Waals surface area contributed by atoms with E-state index in [0.717, 1.165) is 25.7 Å². The molecule has 0 amide bonds. The first kappa shape index (κ1) is 14.7. The molecule has 2 N–H and O–H groups in total. The Morgan fingerprint density at radius 1 is 1.24 bits per heavy atom. The molecule has 1 aromatic carbocycles. The number of ketones is 1. The molecule has 0 saturated carbocycles. The standard InChI is InChI=1S/C15H20N2O3S/c1-10(18)11-3-2-4-15(7-11)21(19,20)17-13-5-6-14(17)9-12(16)8-13/h2-4,7,12-14H,5-6,8-9,16H2,1H3. The molecule has 21 heavy (non-hydrogen) atoms. The maximum atomic E-state index is 12.9. The van der Waals surface area contributed by atoms with Gasteiger partial charge in [0.25, 0.3) is 0 Å². The molecule has 2 saturated heterocycles. The lowest BCUT2D eigenvalue weighted by Gasteiger charge is -2.36. The average molecular weight is 308 g/mol. The number of piperidine rings is 1. The molecule has 1 aromatic rings. The largest absolute Gasteiger partial charge is 0.328 e. The molecule has 114 valence electrons. The maximum Gasteiger partial charge on any atom is 0.243 e. The van der Waals surface area contributed by atoms with Crippen LogP contribution in [0, 0.1) is 0 Å². The molecule has 6 heteroatoms. The SMILES string of the molecule is CC(=O)c1cccc(S(=O)(=O)N2C3CCC2CC(N)C3)c1. The summed E-state index contributed by atoms with van der Waals surface area (Å²) in [5.74, 6) is -0.129. The van der Waals surface area contributed by atoms with Crippen LogP contribution < -0.4 is 5.73 Å². The second-order valence-corrected chi connectivity index (χ2v) is 7.88. The highest BCUT2D eigenvalue weighted by molar-refractivity contribution is 7.89. The number of benzene rings is 1. The lowest BCUT2D eigenvalue weighted by Crippen LogP contribution is -2.49. The van der Waals surface area contributed by atoms with E-state index in [-0.39, 0.29) is 28.8 Å². The summed E-state index contributed by atoms with van der Waals surface area (Å²) in [6.45, 7) is 1.44. The summed E-state index contributed by atoms with van der Waals surface area (Å²) >= 11 is 0. The van der Waals surface area contributed by atoms with Crippen molar-refractivity contribution < 1.29 is 13.2 Å². The van der Waals surface area contributed by atoms with Gasteiger partial charge in [0, 0.05) is 23.7 Å². The van der Waals surface area contributed by atoms with Crippen molar-refractivity contribution in [3.63, 3.8) is 0 Å². The topological polar surface area (TPSA) is 80.5 Å². The minimum atomic E-state index is -3.55. The van der Waals surface area contributed by atoms with E-state index in [4.69, 9.17) is 5.73 Å². The van der Waals surface area contributed by atoms with Gasteiger partial charge in [0.05, 0.1) is 4.90 Å². The summed E-state index contributed by atoms with van der Waals surface area (Å²) < 4.78 is 27.4. The molecule has 3 rings (SSSR count). The third-order valence-electron chi connectivity index (χ3n) is 4.52. The second kappa shape index (κ2) is 5.19. The van der Waals surface area contributed by atoms with Gasteiger partial charge in [-0.2, -0.15) is 4.31 Å². The van der Waals surface area contributed by atoms with E-state index in [0.29, 0.717) is 5.56 Å². The van der Waals surface area contributed by atoms with Gasteiger partial charge in [0.15, 0.2) is 5.78 Å². The number of hydrogen-bond donors (Lipinski definition) is 1. The van der Waals surface area contributed by atoms with Crippen LogP contribution in [-0.2, 0) is 10.0 Å². The van der Waals surface area contributed by atoms with Crippen molar-refractivity contribution in [1.29, 1.82) is 0 Å². The zero-order valence-electron chi connectivity index (χ0n) is 12.0. The first-order valence-corrected chi connectivity index (χ1v) is 8.73. The van der Waals surface area contributed by atoms with Crippen molar-refractivity contribution in [2.75, 3.05) is 0 Å². The Labute approximate surface area is 125 Å². The molecule has 2 heterocycles. The highest BCUT2D eigenvalue weighted by Crippen LogP contribution is 2.39. The monoisotopic (exact) mass is 308 g/mol. The first-order chi connectivity index (χ1) is 9.89. The number of hydrogen-bond acceptors (Lipinski definition) is 4. The number of nitrogens with two attached hydrogens (primary N) is 1. The molecule has 2 bridgehead atoms. The molecule has 2 aliphatic rings. The fraction of sp³-hybridized carbons (Fsp3) is 0.533. The highest BCUT2D eigenvalue weighted by atomic mass is 32.2. The average Bonchev–Trinajstić information content (AvgIpc) is 2.72. The number of carbonyl (C=O) groups excluding carboxylic acids is 1. The van der Waals surface area contributed by atoms with Gasteiger partial charge in [-0.15, -0.1) is 0 Å². The Morgan fingerprint density at radius 2 is 1.86 bits per heavy atom. The van der Waals surface area contributed by atoms with Gasteiger partial charge < -0.3 is 5.73 Å². The molecule has 0 aliphatic carbocycles. The molecule has 0 spiro atoms. The lowest BCUT2D eigenvalue weighted by atomic mass is 10.0. The zero-order valence-corrected chi connectivity index (χ0v) is 12.8. The van der Waals surface area contributed by atoms with Crippen LogP contribution >= 0.6 is 0 Å². The van der Waals surface area contributed by atoms with Crippen molar-refractivity contribution in [2.45, 2.75) is 55.6 Å². The molecule has 5 nitrogen and oxygen atoms in total. The summed E-state index contributed by atoms with van der Waals surface area (Å²) in [5.41, 5.74) is 6.43. The predicted molar refractivity (Wildman–Crippen MR) is 79.5 cm³/mol. The normalized spacial score (nSPS) is 29.5. The Kier molecular flexibility index (Phi) is 3.63. The first-order valence-electron chi connectivity index (χ1n) is 7.29. The van der Waals surface area contributed by atoms with Crippen LogP contribution in [0.2, 0.25) is 0 Å². The smallest absolute Gasteiger partial charge is 0.243 e. The number of nitrogens with zero attached hydrogens (tertiary/aromatic N) is 1. The van der Waals surface area contributed by atoms with Crippen molar-refractivity contribution in [1.82, 2.24) is 4.31 Å². The number of Topliss-reactive ketones (excluding diaryl/α,β-unsaturated/α-hetero) is 1. The van der Waals surface area contributed by atoms with Crippen LogP contribution in [0.4, 0.5) is 0 Å². The second-order valence-electron chi connectivity index (χ2n) is 6.04. The highest BCUT2D eigenvalue weighted by Gasteiger charge is 2.46. The molecule has 2 aliphatic heterocycles. The number of rotatable bonds is 3. The fourth-order valence-electron chi connectivity index (χ4n) is 3.57. The summed E-state index contributed by atoms with van der Waals surface area (Å²) in [6.07, 6.45) is 3.21. The van der Waals surface area contributed by atoms with E-state index in [1.807, 2.05) is 0 Å². The van der Waals surface area contributed by atoms with Crippen LogP contribution in [-0.4, -0.2) is 36.6 Å². The number of sulfonamides is 1. The molecule has 0 radical (unpaired) electrons. The molecule has 2 unspecified atom stereocenters. The van der Waals surface area contributed by atoms with Crippen molar-refractivity contribution in [3.05, 3.63) is 29.8 Å². The van der Waals surface area contributed by atoms with Crippen molar-refractivity contribution in [3.8, 4) is 0 Å². The Bertz CT molecular complexity index is 657. The van der Waals surface area contributed by atoms with Crippen LogP contribution in [0.1, 0.15) is 43.0 Å². The van der Waals surface area contributed by atoms with Crippen LogP contribution in [0.3, 0.4) is 0 Å². The fourth-order valence-corrected chi connectivity index (χ4v) is 5.50. The van der Waals surface area contributed by atoms with E-state index in [9.17, 15) is 13.2 Å². The van der Waals surface area contributed by atoms with E-state index >= 15 is 0 Å². The molecular formula is C15H20N2O3S. The molecule has 2 fully saturated rings. The quantitative estimate of drug-likeness (QED) is 0.859. The minimum Gasteiger partial charge on any atom is -0.328 e. The van der Waals surface area contributed by atoms with Crippen LogP contribution in [0.15, 0.2) is 29.2 Å². The predicted octanol–water partition coefficient (Wildman–Crippen LogP) is 1.53. The summed E-state index contributed by atoms with van der Waals surface area (Å²) in [5, 5.41) is 0. The van der Waals surface area contributed by atoms with E-state index in [1.54, 1.807) is 22.5 Å². The Morgan fingerprint density at radius 3 is 2.43 bits per heavy atom. The van der Waals surface area contributed by atoms with Gasteiger partial charge in [-0.05, 0) is 44.7 Å². The minimum absolute atomic E-state index is 0.00438. The van der Waals surface area contributed by atoms with E-state index in [2.05, 4.69) is 0 Å². The Hall–Kier alpha value is -1.24. The van der Waals surface area contributed by atoms with Gasteiger partial charge in [-0.1, -0.05) is 12.1 Å². The van der Waals surface area contributed by atoms with Crippen molar-refractivity contribution >= 4 is 15.8 Å². The number of fused-ring (bicyclic) bond motifs is 2. The van der Waals surface area contributed by atoms with Crippen LogP contribution in [0.5, 0.6) is 0 Å². The van der Waals surface area contributed by atoms with E-state index < -0.39 is 10.0 Å². The van der Waals surface area contributed by atoms with Gasteiger partial charge in [-0.25, -0.2) is 8.42 Å². The van der Waals surface area contributed by atoms with Gasteiger partial charge in [0.1, 0.15) is 0 Å². The van der Waals surface area contributed by atoms with Gasteiger partial charge in [-0.3, -0.25) is 4.79 Å². The summed E-state index contributed by atoms with van der Waals surface area (Å²) in [4.78, 5) is 11.7. The van der Waals surface area contributed by atoms with Crippen molar-refractivity contribution in [2.24, 2.45) is 5.73 Å². The third kappa shape index (κ3) is 2.52. The maximum absolute atomic E-state index is 12.9.